The number of nitrogens with zero attached hydrogens (tertiary/aromatic N) is 3. The van der Waals surface area contributed by atoms with E-state index in [0.717, 1.165) is 46.2 Å². The lowest BCUT2D eigenvalue weighted by Crippen LogP contribution is -2.20. The van der Waals surface area contributed by atoms with Crippen molar-refractivity contribution in [3.63, 3.8) is 0 Å². The molecule has 0 aliphatic heterocycles. The molecular weight excluding hydrogens is 440 g/mol. The van der Waals surface area contributed by atoms with E-state index in [1.54, 1.807) is 0 Å². The lowest BCUT2D eigenvalue weighted by atomic mass is 10.1. The Hall–Kier alpha value is -3.38. The number of aryl methyl sites for hydroxylation is 2. The van der Waals surface area contributed by atoms with Gasteiger partial charge in [0.2, 0.25) is 5.91 Å². The Morgan fingerprint density at radius 1 is 0.971 bits per heavy atom. The van der Waals surface area contributed by atoms with Crippen LogP contribution in [0.1, 0.15) is 52.1 Å². The number of hydrogen-bond acceptors (Lipinski definition) is 4. The van der Waals surface area contributed by atoms with E-state index in [4.69, 9.17) is 0 Å². The Bertz CT molecular complexity index is 1260. The molecule has 0 spiro atoms. The van der Waals surface area contributed by atoms with Crippen LogP contribution in [0.2, 0.25) is 0 Å². The van der Waals surface area contributed by atoms with Gasteiger partial charge in [-0.25, -0.2) is 0 Å². The number of thioether (sulfide) groups is 1. The molecule has 1 fully saturated rings. The van der Waals surface area contributed by atoms with Gasteiger partial charge in [-0.15, -0.1) is 10.2 Å². The van der Waals surface area contributed by atoms with Crippen molar-refractivity contribution in [3.05, 3.63) is 107 Å². The number of carbonyl (C=O) groups excluding carboxylic acids is 1. The first kappa shape index (κ1) is 22.4. The summed E-state index contributed by atoms with van der Waals surface area (Å²) < 4.78 is 2.19. The molecule has 1 unspecified atom stereocenters. The molecule has 34 heavy (non-hydrogen) atoms. The SMILES string of the molecule is Cc1cc(C)cc(NC(=O)C(Sc2nnc(C3CC3)n2Cc2ccccc2)c2ccccc2)c1. The first-order valence-corrected chi connectivity index (χ1v) is 12.5. The molecule has 0 bridgehead atoms. The predicted molar refractivity (Wildman–Crippen MR) is 137 cm³/mol. The van der Waals surface area contributed by atoms with Gasteiger partial charge in [-0.3, -0.25) is 4.79 Å². The van der Waals surface area contributed by atoms with E-state index in [9.17, 15) is 4.79 Å². The fraction of sp³-hybridized carbons (Fsp3) is 0.250. The Kier molecular flexibility index (Phi) is 6.50. The summed E-state index contributed by atoms with van der Waals surface area (Å²) in [6, 6.07) is 26.4. The minimum atomic E-state index is -0.451. The highest BCUT2D eigenvalue weighted by atomic mass is 32.2. The van der Waals surface area contributed by atoms with Gasteiger partial charge < -0.3 is 9.88 Å². The predicted octanol–water partition coefficient (Wildman–Crippen LogP) is 6.29. The van der Waals surface area contributed by atoms with Gasteiger partial charge in [0.25, 0.3) is 0 Å². The maximum atomic E-state index is 13.6. The molecule has 0 saturated heterocycles. The Morgan fingerprint density at radius 2 is 1.62 bits per heavy atom. The first-order valence-electron chi connectivity index (χ1n) is 11.6. The normalized spacial score (nSPS) is 14.1. The topological polar surface area (TPSA) is 59.8 Å². The van der Waals surface area contributed by atoms with E-state index >= 15 is 0 Å². The highest BCUT2D eigenvalue weighted by Crippen LogP contribution is 2.42. The lowest BCUT2D eigenvalue weighted by Gasteiger charge is -2.18. The third kappa shape index (κ3) is 5.23. The fourth-order valence-corrected chi connectivity index (χ4v) is 5.25. The summed E-state index contributed by atoms with van der Waals surface area (Å²) in [4.78, 5) is 13.6. The molecule has 1 heterocycles. The number of aromatic nitrogens is 3. The van der Waals surface area contributed by atoms with Gasteiger partial charge >= 0.3 is 0 Å². The van der Waals surface area contributed by atoms with E-state index in [1.165, 1.54) is 17.3 Å². The van der Waals surface area contributed by atoms with Crippen molar-refractivity contribution < 1.29 is 4.79 Å². The minimum Gasteiger partial charge on any atom is -0.325 e. The van der Waals surface area contributed by atoms with Gasteiger partial charge in [0.1, 0.15) is 11.1 Å². The molecular formula is C28H28N4OS. The average Bonchev–Trinajstić information content (AvgIpc) is 3.60. The Balaban J connectivity index is 1.46. The maximum Gasteiger partial charge on any atom is 0.242 e. The van der Waals surface area contributed by atoms with Gasteiger partial charge in [0.15, 0.2) is 5.16 Å². The van der Waals surface area contributed by atoms with Crippen molar-refractivity contribution in [3.8, 4) is 0 Å². The highest BCUT2D eigenvalue weighted by Gasteiger charge is 2.32. The third-order valence-electron chi connectivity index (χ3n) is 5.92. The van der Waals surface area contributed by atoms with Gasteiger partial charge in [0.05, 0.1) is 6.54 Å². The fourth-order valence-electron chi connectivity index (χ4n) is 4.21. The summed E-state index contributed by atoms with van der Waals surface area (Å²) in [5.74, 6) is 1.42. The Labute approximate surface area is 204 Å². The standard InChI is InChI=1S/C28H28N4OS/c1-19-15-20(2)17-24(16-19)29-27(33)25(22-11-7-4-8-12-22)34-28-31-30-26(23-13-14-23)32(28)18-21-9-5-3-6-10-21/h3-12,15-17,23,25H,13-14,18H2,1-2H3,(H,29,33). The number of benzene rings is 3. The second-order valence-corrected chi connectivity index (χ2v) is 10.0. The van der Waals surface area contributed by atoms with E-state index in [1.807, 2.05) is 74.5 Å². The van der Waals surface area contributed by atoms with Crippen molar-refractivity contribution in [2.45, 2.75) is 49.6 Å². The second-order valence-electron chi connectivity index (χ2n) is 8.96. The number of hydrogen-bond donors (Lipinski definition) is 1. The molecule has 3 aromatic carbocycles. The monoisotopic (exact) mass is 468 g/mol. The molecule has 1 aliphatic rings. The summed E-state index contributed by atoms with van der Waals surface area (Å²) in [5.41, 5.74) is 5.19. The summed E-state index contributed by atoms with van der Waals surface area (Å²) >= 11 is 1.47. The molecule has 0 radical (unpaired) electrons. The summed E-state index contributed by atoms with van der Waals surface area (Å²) in [6.45, 7) is 4.78. The molecule has 5 rings (SSSR count). The molecule has 1 N–H and O–H groups in total. The largest absolute Gasteiger partial charge is 0.325 e. The van der Waals surface area contributed by atoms with E-state index in [-0.39, 0.29) is 5.91 Å². The van der Waals surface area contributed by atoms with Crippen LogP contribution in [0, 0.1) is 13.8 Å². The van der Waals surface area contributed by atoms with Crippen LogP contribution >= 0.6 is 11.8 Å². The van der Waals surface area contributed by atoms with E-state index in [0.29, 0.717) is 12.5 Å². The molecule has 1 atom stereocenters. The number of nitrogens with one attached hydrogen (secondary N) is 1. The lowest BCUT2D eigenvalue weighted by molar-refractivity contribution is -0.115. The molecule has 1 saturated carbocycles. The van der Waals surface area contributed by atoms with Crippen molar-refractivity contribution in [2.75, 3.05) is 5.32 Å². The summed E-state index contributed by atoms with van der Waals surface area (Å²) in [7, 11) is 0. The number of amides is 1. The number of rotatable bonds is 8. The van der Waals surface area contributed by atoms with Crippen molar-refractivity contribution >= 4 is 23.4 Å². The van der Waals surface area contributed by atoms with Gasteiger partial charge in [-0.05, 0) is 61.1 Å². The molecule has 6 heteroatoms. The van der Waals surface area contributed by atoms with Crippen LogP contribution in [-0.2, 0) is 11.3 Å². The average molecular weight is 469 g/mol. The van der Waals surface area contributed by atoms with Crippen molar-refractivity contribution in [2.24, 2.45) is 0 Å². The minimum absolute atomic E-state index is 0.0663. The van der Waals surface area contributed by atoms with Gasteiger partial charge in [-0.1, -0.05) is 78.5 Å². The zero-order valence-electron chi connectivity index (χ0n) is 19.4. The zero-order chi connectivity index (χ0) is 23.5. The van der Waals surface area contributed by atoms with Crippen LogP contribution in [0.5, 0.6) is 0 Å². The first-order chi connectivity index (χ1) is 16.6. The van der Waals surface area contributed by atoms with Crippen LogP contribution in [-0.4, -0.2) is 20.7 Å². The molecule has 5 nitrogen and oxygen atoms in total. The van der Waals surface area contributed by atoms with Crippen LogP contribution in [0.3, 0.4) is 0 Å². The summed E-state index contributed by atoms with van der Waals surface area (Å²) in [5, 5.41) is 12.6. The van der Waals surface area contributed by atoms with Crippen LogP contribution < -0.4 is 5.32 Å². The smallest absolute Gasteiger partial charge is 0.242 e. The van der Waals surface area contributed by atoms with Gasteiger partial charge in [-0.2, -0.15) is 0 Å². The zero-order valence-corrected chi connectivity index (χ0v) is 20.3. The van der Waals surface area contributed by atoms with Crippen LogP contribution in [0.4, 0.5) is 5.69 Å². The van der Waals surface area contributed by atoms with Crippen LogP contribution in [0.15, 0.2) is 84.0 Å². The summed E-state index contributed by atoms with van der Waals surface area (Å²) in [6.07, 6.45) is 2.29. The number of anilines is 1. The van der Waals surface area contributed by atoms with Crippen molar-refractivity contribution in [1.29, 1.82) is 0 Å². The highest BCUT2D eigenvalue weighted by molar-refractivity contribution is 8.00. The molecule has 1 aliphatic carbocycles. The third-order valence-corrected chi connectivity index (χ3v) is 7.16. The van der Waals surface area contributed by atoms with E-state index < -0.39 is 5.25 Å². The molecule has 172 valence electrons. The molecule has 1 amide bonds. The van der Waals surface area contributed by atoms with Crippen LogP contribution in [0.25, 0.3) is 0 Å². The van der Waals surface area contributed by atoms with Gasteiger partial charge in [0, 0.05) is 11.6 Å². The quantitative estimate of drug-likeness (QED) is 0.309. The maximum absolute atomic E-state index is 13.6. The Morgan fingerprint density at radius 3 is 2.26 bits per heavy atom. The molecule has 1 aromatic heterocycles. The second kappa shape index (κ2) is 9.85. The van der Waals surface area contributed by atoms with E-state index in [2.05, 4.69) is 38.3 Å². The molecule has 4 aromatic rings. The number of carbonyl (C=O) groups is 1. The van der Waals surface area contributed by atoms with Crippen molar-refractivity contribution in [1.82, 2.24) is 14.8 Å².